The third-order valence-corrected chi connectivity index (χ3v) is 2.60. The number of hydrogen-bond donors (Lipinski definition) is 1. The first-order valence-corrected chi connectivity index (χ1v) is 5.15. The molecule has 15 heavy (non-hydrogen) atoms. The summed E-state index contributed by atoms with van der Waals surface area (Å²) in [6, 6.07) is -0.143. The molecular weight excluding hydrogens is 196 g/mol. The Bertz CT molecular complexity index is 243. The zero-order chi connectivity index (χ0) is 11.3. The summed E-state index contributed by atoms with van der Waals surface area (Å²) in [7, 11) is 3.12. The zero-order valence-electron chi connectivity index (χ0n) is 9.28. The van der Waals surface area contributed by atoms with E-state index in [9.17, 15) is 9.59 Å². The predicted molar refractivity (Wildman–Crippen MR) is 55.5 cm³/mol. The van der Waals surface area contributed by atoms with Crippen molar-refractivity contribution >= 4 is 11.7 Å². The van der Waals surface area contributed by atoms with Gasteiger partial charge in [-0.05, 0) is 19.4 Å². The van der Waals surface area contributed by atoms with E-state index in [0.717, 1.165) is 19.4 Å². The number of hydrogen-bond acceptors (Lipinski definition) is 4. The van der Waals surface area contributed by atoms with Crippen LogP contribution in [0, 0.1) is 0 Å². The lowest BCUT2D eigenvalue weighted by Gasteiger charge is -2.21. The molecule has 1 heterocycles. The Labute approximate surface area is 89.8 Å². The molecule has 1 rings (SSSR count). The van der Waals surface area contributed by atoms with E-state index in [2.05, 4.69) is 5.32 Å². The van der Waals surface area contributed by atoms with E-state index in [4.69, 9.17) is 4.74 Å². The number of carbonyl (C=O) groups excluding carboxylic acids is 2. The van der Waals surface area contributed by atoms with Crippen LogP contribution < -0.4 is 5.32 Å². The van der Waals surface area contributed by atoms with E-state index in [-0.39, 0.29) is 24.3 Å². The molecule has 1 atom stereocenters. The summed E-state index contributed by atoms with van der Waals surface area (Å²) < 4.78 is 4.76. The normalized spacial score (nSPS) is 21.6. The lowest BCUT2D eigenvalue weighted by Crippen LogP contribution is -2.44. The van der Waals surface area contributed by atoms with Crippen molar-refractivity contribution in [2.75, 3.05) is 33.9 Å². The van der Waals surface area contributed by atoms with Crippen molar-refractivity contribution < 1.29 is 14.3 Å². The first-order chi connectivity index (χ1) is 7.19. The molecule has 1 aliphatic rings. The highest BCUT2D eigenvalue weighted by Gasteiger charge is 2.30. The minimum atomic E-state index is -0.143. The minimum absolute atomic E-state index is 0.00211. The third-order valence-electron chi connectivity index (χ3n) is 2.60. The van der Waals surface area contributed by atoms with Gasteiger partial charge in [-0.15, -0.1) is 0 Å². The molecule has 86 valence electrons. The average Bonchev–Trinajstić information content (AvgIpc) is 2.65. The van der Waals surface area contributed by atoms with E-state index in [1.165, 1.54) is 7.11 Å². The first-order valence-electron chi connectivity index (χ1n) is 5.15. The molecule has 5 nitrogen and oxygen atoms in total. The molecule has 1 fully saturated rings. The Morgan fingerprint density at radius 3 is 2.87 bits per heavy atom. The lowest BCUT2D eigenvalue weighted by atomic mass is 10.2. The standard InChI is InChI=1S/C10H18N2O3/c1-11-10(14)9-4-3-5-12(9)6-8(13)7-15-2/h9H,3-7H2,1-2H3,(H,11,14). The Morgan fingerprint density at radius 1 is 1.53 bits per heavy atom. The Kier molecular flexibility index (Phi) is 4.71. The summed E-state index contributed by atoms with van der Waals surface area (Å²) in [6.45, 7) is 1.25. The predicted octanol–water partition coefficient (Wildman–Crippen LogP) is -0.588. The van der Waals surface area contributed by atoms with E-state index in [0.29, 0.717) is 6.54 Å². The van der Waals surface area contributed by atoms with E-state index in [1.807, 2.05) is 4.90 Å². The van der Waals surface area contributed by atoms with E-state index in [1.54, 1.807) is 7.05 Å². The SMILES string of the molecule is CNC(=O)C1CCCN1CC(=O)COC. The quantitative estimate of drug-likeness (QED) is 0.664. The van der Waals surface area contributed by atoms with Crippen LogP contribution in [-0.4, -0.2) is 56.5 Å². The molecule has 0 aromatic carbocycles. The topological polar surface area (TPSA) is 58.6 Å². The maximum absolute atomic E-state index is 11.5. The zero-order valence-corrected chi connectivity index (χ0v) is 9.28. The van der Waals surface area contributed by atoms with Gasteiger partial charge in [0.25, 0.3) is 0 Å². The van der Waals surface area contributed by atoms with Crippen LogP contribution in [0.1, 0.15) is 12.8 Å². The fourth-order valence-electron chi connectivity index (χ4n) is 1.91. The fraction of sp³-hybridized carbons (Fsp3) is 0.800. The number of ether oxygens (including phenoxy) is 1. The molecule has 0 aliphatic carbocycles. The van der Waals surface area contributed by atoms with Gasteiger partial charge in [-0.1, -0.05) is 0 Å². The number of nitrogens with zero attached hydrogens (tertiary/aromatic N) is 1. The molecule has 0 aromatic heterocycles. The maximum atomic E-state index is 11.5. The molecule has 0 aromatic rings. The molecule has 1 amide bonds. The molecule has 1 N–H and O–H groups in total. The Balaban J connectivity index is 2.46. The van der Waals surface area contributed by atoms with Crippen LogP contribution >= 0.6 is 0 Å². The maximum Gasteiger partial charge on any atom is 0.237 e. The van der Waals surface area contributed by atoms with Gasteiger partial charge in [0.05, 0.1) is 12.6 Å². The smallest absolute Gasteiger partial charge is 0.237 e. The highest BCUT2D eigenvalue weighted by Crippen LogP contribution is 2.16. The van der Waals surface area contributed by atoms with Gasteiger partial charge in [-0.3, -0.25) is 14.5 Å². The molecule has 0 bridgehead atoms. The third kappa shape index (κ3) is 3.28. The second-order valence-electron chi connectivity index (χ2n) is 3.71. The van der Waals surface area contributed by atoms with Crippen molar-refractivity contribution in [2.45, 2.75) is 18.9 Å². The van der Waals surface area contributed by atoms with Crippen LogP contribution in [0.2, 0.25) is 0 Å². The summed E-state index contributed by atoms with van der Waals surface area (Å²) >= 11 is 0. The number of likely N-dealkylation sites (N-methyl/N-ethyl adjacent to an activating group) is 1. The molecule has 0 spiro atoms. The van der Waals surface area contributed by atoms with E-state index >= 15 is 0 Å². The van der Waals surface area contributed by atoms with Crippen molar-refractivity contribution in [2.24, 2.45) is 0 Å². The minimum Gasteiger partial charge on any atom is -0.377 e. The molecular formula is C10H18N2O3. The van der Waals surface area contributed by atoms with Gasteiger partial charge in [0.2, 0.25) is 5.91 Å². The fourth-order valence-corrected chi connectivity index (χ4v) is 1.91. The van der Waals surface area contributed by atoms with Crippen LogP contribution in [0.15, 0.2) is 0 Å². The highest BCUT2D eigenvalue weighted by molar-refractivity contribution is 5.85. The number of nitrogens with one attached hydrogen (secondary N) is 1. The lowest BCUT2D eigenvalue weighted by molar-refractivity contribution is -0.128. The monoisotopic (exact) mass is 214 g/mol. The number of methoxy groups -OCH3 is 1. The van der Waals surface area contributed by atoms with Gasteiger partial charge < -0.3 is 10.1 Å². The second kappa shape index (κ2) is 5.82. The molecule has 1 saturated heterocycles. The van der Waals surface area contributed by atoms with Crippen LogP contribution in [0.3, 0.4) is 0 Å². The Morgan fingerprint density at radius 2 is 2.27 bits per heavy atom. The van der Waals surface area contributed by atoms with Crippen LogP contribution in [0.4, 0.5) is 0 Å². The highest BCUT2D eigenvalue weighted by atomic mass is 16.5. The van der Waals surface area contributed by atoms with Gasteiger partial charge in [0, 0.05) is 14.2 Å². The number of amides is 1. The van der Waals surface area contributed by atoms with Crippen LogP contribution in [0.5, 0.6) is 0 Å². The molecule has 5 heteroatoms. The van der Waals surface area contributed by atoms with Gasteiger partial charge in [-0.25, -0.2) is 0 Å². The summed E-state index contributed by atoms with van der Waals surface area (Å²) in [5, 5.41) is 2.62. The molecule has 0 radical (unpaired) electrons. The van der Waals surface area contributed by atoms with E-state index < -0.39 is 0 Å². The Hall–Kier alpha value is -0.940. The van der Waals surface area contributed by atoms with Gasteiger partial charge in [0.15, 0.2) is 5.78 Å². The van der Waals surface area contributed by atoms with Gasteiger partial charge >= 0.3 is 0 Å². The second-order valence-corrected chi connectivity index (χ2v) is 3.71. The molecule has 0 saturated carbocycles. The summed E-state index contributed by atoms with van der Waals surface area (Å²) in [4.78, 5) is 24.7. The van der Waals surface area contributed by atoms with Crippen molar-refractivity contribution in [1.82, 2.24) is 10.2 Å². The van der Waals surface area contributed by atoms with Crippen molar-refractivity contribution in [3.8, 4) is 0 Å². The van der Waals surface area contributed by atoms with Crippen molar-refractivity contribution in [1.29, 1.82) is 0 Å². The van der Waals surface area contributed by atoms with Gasteiger partial charge in [0.1, 0.15) is 6.61 Å². The number of carbonyl (C=O) groups is 2. The first kappa shape index (κ1) is 12.1. The number of Topliss-reactive ketones (excluding diaryl/α,β-unsaturated/α-hetero) is 1. The summed E-state index contributed by atoms with van der Waals surface area (Å²) in [5.41, 5.74) is 0. The number of likely N-dealkylation sites (tertiary alicyclic amines) is 1. The largest absolute Gasteiger partial charge is 0.377 e. The van der Waals surface area contributed by atoms with Crippen LogP contribution in [0.25, 0.3) is 0 Å². The average molecular weight is 214 g/mol. The summed E-state index contributed by atoms with van der Waals surface area (Å²) in [5.74, 6) is 0.0195. The molecule has 1 unspecified atom stereocenters. The van der Waals surface area contributed by atoms with Crippen LogP contribution in [-0.2, 0) is 14.3 Å². The van der Waals surface area contributed by atoms with Crippen molar-refractivity contribution in [3.63, 3.8) is 0 Å². The number of ketones is 1. The number of rotatable bonds is 5. The summed E-state index contributed by atoms with van der Waals surface area (Å²) in [6.07, 6.45) is 1.80. The van der Waals surface area contributed by atoms with Gasteiger partial charge in [-0.2, -0.15) is 0 Å². The molecule has 1 aliphatic heterocycles. The van der Waals surface area contributed by atoms with Crippen molar-refractivity contribution in [3.05, 3.63) is 0 Å².